The Kier molecular flexibility index (Phi) is 4.42. The van der Waals surface area contributed by atoms with E-state index < -0.39 is 0 Å². The molecule has 4 aromatic carbocycles. The molecule has 0 atom stereocenters. The zero-order valence-electron chi connectivity index (χ0n) is 18.9. The summed E-state index contributed by atoms with van der Waals surface area (Å²) in [5.41, 5.74) is 8.22. The van der Waals surface area contributed by atoms with Crippen LogP contribution in [0, 0.1) is 0 Å². The van der Waals surface area contributed by atoms with Gasteiger partial charge < -0.3 is 9.64 Å². The number of aromatic nitrogens is 2. The molecule has 0 amide bonds. The van der Waals surface area contributed by atoms with Gasteiger partial charge in [0.25, 0.3) is 0 Å². The average Bonchev–Trinajstić information content (AvgIpc) is 3.31. The van der Waals surface area contributed by atoms with Crippen LogP contribution in [0.4, 0.5) is 17.1 Å². The van der Waals surface area contributed by atoms with E-state index in [4.69, 9.17) is 9.72 Å². The molecule has 0 N–H and O–H groups in total. The molecule has 0 bridgehead atoms. The molecule has 7 rings (SSSR count). The molecule has 0 unspecified atom stereocenters. The van der Waals surface area contributed by atoms with E-state index in [-0.39, 0.29) is 0 Å². The van der Waals surface area contributed by atoms with E-state index in [9.17, 15) is 0 Å². The molecule has 0 fully saturated rings. The summed E-state index contributed by atoms with van der Waals surface area (Å²) >= 11 is 0. The predicted molar refractivity (Wildman–Crippen MR) is 141 cm³/mol. The van der Waals surface area contributed by atoms with E-state index in [1.54, 1.807) is 0 Å². The minimum atomic E-state index is 0.838. The van der Waals surface area contributed by atoms with Crippen molar-refractivity contribution in [2.45, 2.75) is 0 Å². The Balaban J connectivity index is 1.49. The quantitative estimate of drug-likeness (QED) is 0.271. The third-order valence-corrected chi connectivity index (χ3v) is 6.39. The first-order chi connectivity index (χ1) is 17.4. The van der Waals surface area contributed by atoms with Crippen LogP contribution < -0.4 is 9.64 Å². The lowest BCUT2D eigenvalue weighted by Crippen LogP contribution is -2.16. The largest absolute Gasteiger partial charge is 0.453 e. The van der Waals surface area contributed by atoms with Crippen LogP contribution in [0.3, 0.4) is 0 Å². The average molecular weight is 452 g/mol. The van der Waals surface area contributed by atoms with Crippen LogP contribution in [-0.2, 0) is 0 Å². The minimum Gasteiger partial charge on any atom is -0.453 e. The molecular weight excluding hydrogens is 430 g/mol. The van der Waals surface area contributed by atoms with Gasteiger partial charge in [-0.1, -0.05) is 84.9 Å². The fourth-order valence-corrected chi connectivity index (χ4v) is 4.82. The molecule has 0 spiro atoms. The van der Waals surface area contributed by atoms with Crippen molar-refractivity contribution in [3.05, 3.63) is 128 Å². The Bertz CT molecular complexity index is 1630. The van der Waals surface area contributed by atoms with Gasteiger partial charge in [0.1, 0.15) is 5.65 Å². The maximum Gasteiger partial charge on any atom is 0.151 e. The number of imidazole rings is 1. The van der Waals surface area contributed by atoms with E-state index >= 15 is 0 Å². The standard InChI is InChI=1S/C31H21N3O/c1-3-11-22(12-4-1)30-31(23-13-5-2-6-14-23)33-21-24(19-20-29(33)32-30)34-25-15-7-9-17-27(25)35-28-18-10-8-16-26(28)34/h1-21H. The molecule has 6 aromatic rings. The van der Waals surface area contributed by atoms with Crippen LogP contribution in [-0.4, -0.2) is 9.38 Å². The van der Waals surface area contributed by atoms with Gasteiger partial charge in [0.15, 0.2) is 11.5 Å². The molecule has 4 heteroatoms. The molecule has 2 aromatic heterocycles. The number of hydrogen-bond acceptors (Lipinski definition) is 3. The fraction of sp³-hybridized carbons (Fsp3) is 0. The lowest BCUT2D eigenvalue weighted by molar-refractivity contribution is 0.477. The van der Waals surface area contributed by atoms with Crippen LogP contribution in [0.5, 0.6) is 11.5 Å². The van der Waals surface area contributed by atoms with Crippen LogP contribution >= 0.6 is 0 Å². The summed E-state index contributed by atoms with van der Waals surface area (Å²) in [7, 11) is 0. The second-order valence-electron chi connectivity index (χ2n) is 8.53. The number of para-hydroxylation sites is 4. The Morgan fingerprint density at radius 1 is 0.543 bits per heavy atom. The van der Waals surface area contributed by atoms with Gasteiger partial charge in [0.2, 0.25) is 0 Å². The maximum atomic E-state index is 6.21. The predicted octanol–water partition coefficient (Wildman–Crippen LogP) is 8.24. The summed E-state index contributed by atoms with van der Waals surface area (Å²) < 4.78 is 8.41. The third-order valence-electron chi connectivity index (χ3n) is 6.39. The van der Waals surface area contributed by atoms with Crippen molar-refractivity contribution in [1.82, 2.24) is 9.38 Å². The second kappa shape index (κ2) is 7.89. The summed E-state index contributed by atoms with van der Waals surface area (Å²) in [5, 5.41) is 0. The third kappa shape index (κ3) is 3.19. The zero-order chi connectivity index (χ0) is 23.2. The highest BCUT2D eigenvalue weighted by Crippen LogP contribution is 2.50. The first-order valence-corrected chi connectivity index (χ1v) is 11.7. The highest BCUT2D eigenvalue weighted by Gasteiger charge is 2.26. The van der Waals surface area contributed by atoms with E-state index in [2.05, 4.69) is 88.3 Å². The molecule has 1 aliphatic rings. The maximum absolute atomic E-state index is 6.21. The summed E-state index contributed by atoms with van der Waals surface area (Å²) in [6, 6.07) is 41.4. The van der Waals surface area contributed by atoms with Gasteiger partial charge in [-0.3, -0.25) is 4.40 Å². The molecule has 35 heavy (non-hydrogen) atoms. The molecule has 0 saturated heterocycles. The number of benzene rings is 4. The van der Waals surface area contributed by atoms with E-state index in [0.717, 1.165) is 56.7 Å². The normalized spacial score (nSPS) is 12.2. The molecule has 3 heterocycles. The molecule has 0 radical (unpaired) electrons. The Labute approximate surface area is 203 Å². The van der Waals surface area contributed by atoms with Crippen molar-refractivity contribution in [3.63, 3.8) is 0 Å². The number of nitrogens with zero attached hydrogens (tertiary/aromatic N) is 3. The first-order valence-electron chi connectivity index (χ1n) is 11.7. The van der Waals surface area contributed by atoms with Crippen LogP contribution in [0.1, 0.15) is 0 Å². The molecule has 1 aliphatic heterocycles. The highest BCUT2D eigenvalue weighted by molar-refractivity contribution is 5.87. The van der Waals surface area contributed by atoms with Crippen molar-refractivity contribution < 1.29 is 4.74 Å². The number of anilines is 3. The van der Waals surface area contributed by atoms with E-state index in [0.29, 0.717) is 0 Å². The molecular formula is C31H21N3O. The molecule has 0 saturated carbocycles. The summed E-state index contributed by atoms with van der Waals surface area (Å²) in [6.45, 7) is 0. The fourth-order valence-electron chi connectivity index (χ4n) is 4.82. The van der Waals surface area contributed by atoms with Crippen molar-refractivity contribution in [1.29, 1.82) is 0 Å². The monoisotopic (exact) mass is 451 g/mol. The summed E-state index contributed by atoms with van der Waals surface area (Å²) in [4.78, 5) is 7.31. The summed E-state index contributed by atoms with van der Waals surface area (Å²) in [6.07, 6.45) is 2.18. The van der Waals surface area contributed by atoms with E-state index in [1.165, 1.54) is 0 Å². The summed E-state index contributed by atoms with van der Waals surface area (Å²) in [5.74, 6) is 1.68. The van der Waals surface area contributed by atoms with Gasteiger partial charge in [-0.05, 0) is 36.4 Å². The van der Waals surface area contributed by atoms with Crippen LogP contribution in [0.25, 0.3) is 28.2 Å². The first kappa shape index (κ1) is 19.6. The number of fused-ring (bicyclic) bond motifs is 3. The smallest absolute Gasteiger partial charge is 0.151 e. The van der Waals surface area contributed by atoms with Gasteiger partial charge in [-0.25, -0.2) is 4.98 Å². The Morgan fingerprint density at radius 3 is 1.77 bits per heavy atom. The van der Waals surface area contributed by atoms with Crippen LogP contribution in [0.2, 0.25) is 0 Å². The molecule has 166 valence electrons. The lowest BCUT2D eigenvalue weighted by Gasteiger charge is -2.32. The molecule has 4 nitrogen and oxygen atoms in total. The molecule has 0 aliphatic carbocycles. The van der Waals surface area contributed by atoms with Gasteiger partial charge >= 0.3 is 0 Å². The van der Waals surface area contributed by atoms with Crippen LogP contribution in [0.15, 0.2) is 128 Å². The highest BCUT2D eigenvalue weighted by atomic mass is 16.5. The van der Waals surface area contributed by atoms with Crippen molar-refractivity contribution in [2.24, 2.45) is 0 Å². The number of rotatable bonds is 3. The Morgan fingerprint density at radius 2 is 1.11 bits per heavy atom. The number of hydrogen-bond donors (Lipinski definition) is 0. The van der Waals surface area contributed by atoms with Gasteiger partial charge in [0, 0.05) is 17.3 Å². The number of ether oxygens (including phenoxy) is 1. The number of pyridine rings is 1. The van der Waals surface area contributed by atoms with Crippen molar-refractivity contribution >= 4 is 22.7 Å². The van der Waals surface area contributed by atoms with Gasteiger partial charge in [-0.15, -0.1) is 0 Å². The lowest BCUT2D eigenvalue weighted by atomic mass is 10.0. The zero-order valence-corrected chi connectivity index (χ0v) is 18.9. The minimum absolute atomic E-state index is 0.838. The second-order valence-corrected chi connectivity index (χ2v) is 8.53. The van der Waals surface area contributed by atoms with Crippen molar-refractivity contribution in [2.75, 3.05) is 4.90 Å². The van der Waals surface area contributed by atoms with Gasteiger partial charge in [-0.2, -0.15) is 0 Å². The SMILES string of the molecule is c1ccc(-c2nc3ccc(N4c5ccccc5Oc5ccccc54)cn3c2-c2ccccc2)cc1. The van der Waals surface area contributed by atoms with Crippen molar-refractivity contribution in [3.8, 4) is 34.0 Å². The van der Waals surface area contributed by atoms with E-state index in [1.807, 2.05) is 48.5 Å². The topological polar surface area (TPSA) is 29.8 Å². The van der Waals surface area contributed by atoms with Gasteiger partial charge in [0.05, 0.1) is 28.5 Å². The Hall–Kier alpha value is -4.83.